The summed E-state index contributed by atoms with van der Waals surface area (Å²) in [6.45, 7) is 0. The number of hydrogen-bond acceptors (Lipinski definition) is 2. The van der Waals surface area contributed by atoms with E-state index < -0.39 is 5.41 Å². The van der Waals surface area contributed by atoms with Crippen LogP contribution in [0.4, 0.5) is 17.1 Å². The van der Waals surface area contributed by atoms with Crippen LogP contribution in [0.25, 0.3) is 85.9 Å². The molecule has 0 atom stereocenters. The third-order valence-corrected chi connectivity index (χ3v) is 15.3. The van der Waals surface area contributed by atoms with Crippen molar-refractivity contribution in [3.8, 4) is 33.4 Å². The van der Waals surface area contributed by atoms with E-state index in [0.717, 1.165) is 17.1 Å². The van der Waals surface area contributed by atoms with Gasteiger partial charge in [-0.1, -0.05) is 188 Å². The first kappa shape index (κ1) is 34.9. The molecule has 0 amide bonds. The summed E-state index contributed by atoms with van der Waals surface area (Å²) in [5.74, 6) is 0. The lowest BCUT2D eigenvalue weighted by Gasteiger charge is -2.33. The topological polar surface area (TPSA) is 3.24 Å². The maximum Gasteiger partial charge on any atom is 0.0726 e. The Hall–Kier alpha value is -7.78. The fourth-order valence-corrected chi connectivity index (χ4v) is 12.8. The summed E-state index contributed by atoms with van der Waals surface area (Å²) in [5, 5.41) is 10.2. The van der Waals surface area contributed by atoms with Crippen LogP contribution >= 0.6 is 11.3 Å². The lowest BCUT2D eigenvalue weighted by molar-refractivity contribution is 0.793. The number of rotatable bonds is 4. The molecule has 1 nitrogen and oxygen atoms in total. The summed E-state index contributed by atoms with van der Waals surface area (Å²) in [4.78, 5) is 2.54. The SMILES string of the molecule is c1ccc(N(c2ccc3c(c2)C2(c4ccccc4-c4ccccc42)c2ccccc2-3)c2ccc3c4ccccc4c4ccccc4c3c2)c(-c2cccc3c2sc2ccccc23)c1. The molecule has 12 aromatic rings. The van der Waals surface area contributed by atoms with E-state index >= 15 is 0 Å². The van der Waals surface area contributed by atoms with Crippen LogP contribution < -0.4 is 4.90 Å². The van der Waals surface area contributed by atoms with Gasteiger partial charge in [0.15, 0.2) is 0 Å². The van der Waals surface area contributed by atoms with Crippen molar-refractivity contribution in [1.82, 2.24) is 0 Å². The summed E-state index contributed by atoms with van der Waals surface area (Å²) >= 11 is 1.89. The van der Waals surface area contributed by atoms with E-state index in [4.69, 9.17) is 0 Å². The molecule has 0 fully saturated rings. The van der Waals surface area contributed by atoms with Gasteiger partial charge in [-0.25, -0.2) is 0 Å². The van der Waals surface area contributed by atoms with Crippen LogP contribution in [-0.4, -0.2) is 0 Å². The molecule has 11 aromatic carbocycles. The van der Waals surface area contributed by atoms with Crippen molar-refractivity contribution in [3.63, 3.8) is 0 Å². The van der Waals surface area contributed by atoms with E-state index in [0.29, 0.717) is 0 Å². The zero-order chi connectivity index (χ0) is 41.2. The zero-order valence-electron chi connectivity index (χ0n) is 34.2. The number of benzene rings is 11. The van der Waals surface area contributed by atoms with Crippen LogP contribution in [-0.2, 0) is 5.41 Å². The van der Waals surface area contributed by atoms with Gasteiger partial charge in [-0.2, -0.15) is 0 Å². The first-order valence-electron chi connectivity index (χ1n) is 21.8. The average molecular weight is 816 g/mol. The minimum atomic E-state index is -0.457. The standard InChI is InChI=1S/C61H37NS/c1-2-18-42-40(16-1)41-17-3-4-19-43(41)53-36-38(32-34-44(42)53)62(58-30-13-8-23-49(58)51-25-15-26-52-50-24-9-14-31-59(50)63-60(51)52)39-33-35-48-47-22-7-12-29-56(47)61(57(48)37-39)54-27-10-5-20-45(54)46-21-6-11-28-55(46)61/h1-37H. The quantitative estimate of drug-likeness (QED) is 0.160. The van der Waals surface area contributed by atoms with Crippen molar-refractivity contribution in [2.45, 2.75) is 5.41 Å². The highest BCUT2D eigenvalue weighted by atomic mass is 32.1. The Kier molecular flexibility index (Phi) is 7.26. The summed E-state index contributed by atoms with van der Waals surface area (Å²) < 4.78 is 2.62. The average Bonchev–Trinajstić information content (AvgIpc) is 3.99. The lowest BCUT2D eigenvalue weighted by Crippen LogP contribution is -2.26. The van der Waals surface area contributed by atoms with E-state index in [1.54, 1.807) is 0 Å². The van der Waals surface area contributed by atoms with E-state index in [2.05, 4.69) is 229 Å². The van der Waals surface area contributed by atoms with Gasteiger partial charge in [0.1, 0.15) is 0 Å². The molecule has 14 rings (SSSR count). The molecule has 0 aliphatic heterocycles. The summed E-state index contributed by atoms with van der Waals surface area (Å²) in [6, 6.07) is 84.2. The third-order valence-electron chi connectivity index (χ3n) is 14.1. The highest BCUT2D eigenvalue weighted by Gasteiger charge is 2.51. The van der Waals surface area contributed by atoms with Crippen LogP contribution in [0.5, 0.6) is 0 Å². The van der Waals surface area contributed by atoms with Gasteiger partial charge in [-0.3, -0.25) is 0 Å². The highest BCUT2D eigenvalue weighted by Crippen LogP contribution is 2.63. The van der Waals surface area contributed by atoms with Gasteiger partial charge in [-0.05, 0) is 113 Å². The Bertz CT molecular complexity index is 3790. The first-order valence-corrected chi connectivity index (χ1v) is 22.7. The van der Waals surface area contributed by atoms with Crippen molar-refractivity contribution >= 4 is 80.9 Å². The highest BCUT2D eigenvalue weighted by molar-refractivity contribution is 7.26. The third kappa shape index (κ3) is 4.71. The zero-order valence-corrected chi connectivity index (χ0v) is 35.0. The largest absolute Gasteiger partial charge is 0.310 e. The van der Waals surface area contributed by atoms with Crippen molar-refractivity contribution in [1.29, 1.82) is 0 Å². The molecule has 0 N–H and O–H groups in total. The summed E-state index contributed by atoms with van der Waals surface area (Å²) in [7, 11) is 0. The molecule has 0 unspecified atom stereocenters. The Morgan fingerprint density at radius 2 is 0.730 bits per heavy atom. The number of thiophene rings is 1. The number of fused-ring (bicyclic) bond motifs is 19. The van der Waals surface area contributed by atoms with Gasteiger partial charge in [0, 0.05) is 42.7 Å². The summed E-state index contributed by atoms with van der Waals surface area (Å²) in [6.07, 6.45) is 0. The lowest BCUT2D eigenvalue weighted by atomic mass is 9.70. The smallest absolute Gasteiger partial charge is 0.0726 e. The number of hydrogen-bond donors (Lipinski definition) is 0. The van der Waals surface area contributed by atoms with Crippen LogP contribution in [0.15, 0.2) is 224 Å². The Balaban J connectivity index is 1.08. The second kappa shape index (κ2) is 13.1. The molecule has 0 saturated carbocycles. The number of para-hydroxylation sites is 1. The van der Waals surface area contributed by atoms with Crippen LogP contribution in [0.1, 0.15) is 22.3 Å². The van der Waals surface area contributed by atoms with E-state index in [-0.39, 0.29) is 0 Å². The van der Waals surface area contributed by atoms with Gasteiger partial charge >= 0.3 is 0 Å². The first-order chi connectivity index (χ1) is 31.3. The Morgan fingerprint density at radius 3 is 1.38 bits per heavy atom. The van der Waals surface area contributed by atoms with Crippen LogP contribution in [0, 0.1) is 0 Å². The fourth-order valence-electron chi connectivity index (χ4n) is 11.5. The van der Waals surface area contributed by atoms with Crippen molar-refractivity contribution < 1.29 is 0 Å². The predicted molar refractivity (Wildman–Crippen MR) is 268 cm³/mol. The monoisotopic (exact) mass is 815 g/mol. The molecular formula is C61H37NS. The van der Waals surface area contributed by atoms with Gasteiger partial charge in [0.05, 0.1) is 11.1 Å². The molecule has 2 heteroatoms. The second-order valence-electron chi connectivity index (χ2n) is 17.1. The second-order valence-corrected chi connectivity index (χ2v) is 18.1. The van der Waals surface area contributed by atoms with Crippen molar-refractivity contribution in [3.05, 3.63) is 247 Å². The molecule has 1 aromatic heterocycles. The van der Waals surface area contributed by atoms with Gasteiger partial charge in [0.2, 0.25) is 0 Å². The number of anilines is 3. The Labute approximate surface area is 369 Å². The molecule has 63 heavy (non-hydrogen) atoms. The van der Waals surface area contributed by atoms with Gasteiger partial charge in [0.25, 0.3) is 0 Å². The maximum atomic E-state index is 2.54. The molecule has 1 heterocycles. The van der Waals surface area contributed by atoms with Crippen LogP contribution in [0.2, 0.25) is 0 Å². The molecule has 1 spiro atoms. The molecule has 292 valence electrons. The van der Waals surface area contributed by atoms with Crippen molar-refractivity contribution in [2.75, 3.05) is 4.90 Å². The van der Waals surface area contributed by atoms with Gasteiger partial charge in [-0.15, -0.1) is 11.3 Å². The molecule has 0 bridgehead atoms. The normalized spacial score (nSPS) is 13.2. The minimum absolute atomic E-state index is 0.457. The van der Waals surface area contributed by atoms with Crippen molar-refractivity contribution in [2.24, 2.45) is 0 Å². The predicted octanol–water partition coefficient (Wildman–Crippen LogP) is 17.0. The molecule has 0 saturated heterocycles. The van der Waals surface area contributed by atoms with Crippen LogP contribution in [0.3, 0.4) is 0 Å². The number of nitrogens with zero attached hydrogens (tertiary/aromatic N) is 1. The molecule has 2 aliphatic carbocycles. The molecule has 2 aliphatic rings. The molecular weight excluding hydrogens is 779 g/mol. The van der Waals surface area contributed by atoms with Gasteiger partial charge < -0.3 is 4.90 Å². The summed E-state index contributed by atoms with van der Waals surface area (Å²) in [5.41, 5.74) is 16.0. The fraction of sp³-hybridized carbons (Fsp3) is 0.0164. The maximum absolute atomic E-state index is 2.54. The van der Waals surface area contributed by atoms with E-state index in [9.17, 15) is 0 Å². The van der Waals surface area contributed by atoms with E-state index in [1.807, 2.05) is 11.3 Å². The van der Waals surface area contributed by atoms with E-state index in [1.165, 1.54) is 108 Å². The Morgan fingerprint density at radius 1 is 0.286 bits per heavy atom. The molecule has 0 radical (unpaired) electrons. The minimum Gasteiger partial charge on any atom is -0.310 e.